The molecule has 0 fully saturated rings. The Kier molecular flexibility index (Phi) is 7.39. The van der Waals surface area contributed by atoms with Crippen LogP contribution in [-0.2, 0) is 12.4 Å². The van der Waals surface area contributed by atoms with Crippen LogP contribution in [0.15, 0.2) is 87.5 Å². The third-order valence-corrected chi connectivity index (χ3v) is 6.31. The van der Waals surface area contributed by atoms with E-state index < -0.39 is 0 Å². The monoisotopic (exact) mass is 506 g/mol. The number of thioether (sulfide) groups is 1. The molecule has 0 aliphatic rings. The summed E-state index contributed by atoms with van der Waals surface area (Å²) in [6, 6.07) is 24.5. The summed E-state index contributed by atoms with van der Waals surface area (Å²) in [6.07, 6.45) is 1.80. The molecular weight excluding hydrogens is 484 g/mol. The number of hydrogen-bond donors (Lipinski definition) is 0. The molecule has 0 bridgehead atoms. The maximum absolute atomic E-state index is 6.07. The van der Waals surface area contributed by atoms with Gasteiger partial charge in [-0.05, 0) is 49.2 Å². The number of nitrogens with zero attached hydrogens (tertiary/aromatic N) is 4. The van der Waals surface area contributed by atoms with Gasteiger partial charge in [-0.25, -0.2) is 0 Å². The lowest BCUT2D eigenvalue weighted by Crippen LogP contribution is -2.00. The lowest BCUT2D eigenvalue weighted by atomic mass is 10.1. The van der Waals surface area contributed by atoms with E-state index in [9.17, 15) is 0 Å². The molecular formula is C25H23BrN4OS. The molecule has 1 heterocycles. The van der Waals surface area contributed by atoms with E-state index in [1.807, 2.05) is 43.3 Å². The highest BCUT2D eigenvalue weighted by atomic mass is 79.9. The van der Waals surface area contributed by atoms with E-state index in [1.165, 1.54) is 11.1 Å². The molecule has 3 aromatic carbocycles. The van der Waals surface area contributed by atoms with Gasteiger partial charge in [0.2, 0.25) is 5.16 Å². The Morgan fingerprint density at radius 3 is 2.44 bits per heavy atom. The zero-order valence-corrected chi connectivity index (χ0v) is 20.3. The molecule has 0 amide bonds. The molecule has 4 aromatic rings. The number of para-hydroxylation sites is 1. The predicted molar refractivity (Wildman–Crippen MR) is 133 cm³/mol. The summed E-state index contributed by atoms with van der Waals surface area (Å²) < 4.78 is 8.90. The highest BCUT2D eigenvalue weighted by Crippen LogP contribution is 2.23. The summed E-state index contributed by atoms with van der Waals surface area (Å²) in [5, 5.41) is 13.9. The molecule has 0 spiro atoms. The van der Waals surface area contributed by atoms with Crippen LogP contribution in [0.5, 0.6) is 5.75 Å². The fourth-order valence-electron chi connectivity index (χ4n) is 2.97. The van der Waals surface area contributed by atoms with Crippen LogP contribution in [-0.4, -0.2) is 21.1 Å². The van der Waals surface area contributed by atoms with E-state index in [2.05, 4.69) is 74.6 Å². The Morgan fingerprint density at radius 2 is 1.66 bits per heavy atom. The van der Waals surface area contributed by atoms with E-state index in [0.717, 1.165) is 38.1 Å². The van der Waals surface area contributed by atoms with Crippen LogP contribution in [0, 0.1) is 13.8 Å². The van der Waals surface area contributed by atoms with Crippen molar-refractivity contribution < 1.29 is 4.74 Å². The lowest BCUT2D eigenvalue weighted by molar-refractivity contribution is 0.306. The molecule has 0 N–H and O–H groups in total. The van der Waals surface area contributed by atoms with Gasteiger partial charge in [0.05, 0.1) is 6.21 Å². The second-order valence-corrected chi connectivity index (χ2v) is 9.17. The Bertz CT molecular complexity index is 1200. The maximum atomic E-state index is 6.07. The second-order valence-electron chi connectivity index (χ2n) is 7.31. The van der Waals surface area contributed by atoms with Crippen LogP contribution < -0.4 is 4.74 Å². The summed E-state index contributed by atoms with van der Waals surface area (Å²) >= 11 is 5.07. The molecule has 4 rings (SSSR count). The smallest absolute Gasteiger partial charge is 0.212 e. The molecule has 7 heteroatoms. The Balaban J connectivity index is 1.47. The number of aromatic nitrogens is 3. The van der Waals surface area contributed by atoms with Crippen molar-refractivity contribution in [1.29, 1.82) is 0 Å². The highest BCUT2D eigenvalue weighted by Gasteiger charge is 2.09. The Labute approximate surface area is 200 Å². The van der Waals surface area contributed by atoms with Crippen molar-refractivity contribution in [3.8, 4) is 5.75 Å². The number of hydrogen-bond acceptors (Lipinski definition) is 5. The Morgan fingerprint density at radius 1 is 0.938 bits per heavy atom. The topological polar surface area (TPSA) is 52.3 Å². The average molecular weight is 507 g/mol. The fraction of sp³-hybridized carbons (Fsp3) is 0.160. The first-order valence-electron chi connectivity index (χ1n) is 10.2. The highest BCUT2D eigenvalue weighted by molar-refractivity contribution is 9.10. The molecule has 5 nitrogen and oxygen atoms in total. The van der Waals surface area contributed by atoms with Crippen molar-refractivity contribution >= 4 is 33.9 Å². The van der Waals surface area contributed by atoms with Crippen LogP contribution in [0.1, 0.15) is 28.1 Å². The van der Waals surface area contributed by atoms with Gasteiger partial charge >= 0.3 is 0 Å². The van der Waals surface area contributed by atoms with Crippen molar-refractivity contribution in [1.82, 2.24) is 14.9 Å². The first-order chi connectivity index (χ1) is 15.6. The summed E-state index contributed by atoms with van der Waals surface area (Å²) in [5.74, 6) is 2.31. The van der Waals surface area contributed by atoms with E-state index in [4.69, 9.17) is 4.74 Å². The third kappa shape index (κ3) is 5.87. The van der Waals surface area contributed by atoms with E-state index >= 15 is 0 Å². The van der Waals surface area contributed by atoms with Gasteiger partial charge in [-0.1, -0.05) is 81.8 Å². The largest absolute Gasteiger partial charge is 0.488 e. The standard InChI is InChI=1S/C25H23BrN4OS/c1-18-7-9-20(10-8-18)16-31-24-6-4-3-5-22(24)15-27-30-19(2)28-29-25(30)32-17-21-11-13-23(26)14-12-21/h3-15H,16-17H2,1-2H3/b27-15+. The van der Waals surface area contributed by atoms with Gasteiger partial charge in [-0.3, -0.25) is 0 Å². The normalized spacial score (nSPS) is 11.2. The van der Waals surface area contributed by atoms with Crippen LogP contribution in [0.3, 0.4) is 0 Å². The molecule has 0 saturated carbocycles. The van der Waals surface area contributed by atoms with Gasteiger partial charge in [0.25, 0.3) is 0 Å². The van der Waals surface area contributed by atoms with Gasteiger partial charge in [-0.2, -0.15) is 9.78 Å². The van der Waals surface area contributed by atoms with Gasteiger partial charge in [-0.15, -0.1) is 10.2 Å². The molecule has 162 valence electrons. The Hall–Kier alpha value is -2.90. The predicted octanol–water partition coefficient (Wildman–Crippen LogP) is 6.41. The minimum absolute atomic E-state index is 0.505. The molecule has 0 aliphatic heterocycles. The molecule has 0 atom stereocenters. The van der Waals surface area contributed by atoms with Gasteiger partial charge in [0.1, 0.15) is 12.4 Å². The molecule has 0 saturated heterocycles. The number of benzene rings is 3. The first kappa shape index (κ1) is 22.3. The van der Waals surface area contributed by atoms with Crippen molar-refractivity contribution in [2.75, 3.05) is 0 Å². The quantitative estimate of drug-likeness (QED) is 0.204. The first-order valence-corrected chi connectivity index (χ1v) is 12.0. The van der Waals surface area contributed by atoms with Crippen molar-refractivity contribution in [3.05, 3.63) is 105 Å². The third-order valence-electron chi connectivity index (χ3n) is 4.80. The zero-order chi connectivity index (χ0) is 22.3. The minimum Gasteiger partial charge on any atom is -0.488 e. The summed E-state index contributed by atoms with van der Waals surface area (Å²) in [4.78, 5) is 0. The number of halogens is 1. The number of rotatable bonds is 8. The summed E-state index contributed by atoms with van der Waals surface area (Å²) in [6.45, 7) is 4.48. The molecule has 0 unspecified atom stereocenters. The van der Waals surface area contributed by atoms with Crippen LogP contribution in [0.4, 0.5) is 0 Å². The molecule has 0 aliphatic carbocycles. The average Bonchev–Trinajstić information content (AvgIpc) is 3.16. The summed E-state index contributed by atoms with van der Waals surface area (Å²) in [7, 11) is 0. The van der Waals surface area contributed by atoms with Crippen LogP contribution in [0.25, 0.3) is 0 Å². The number of aryl methyl sites for hydroxylation is 2. The molecule has 32 heavy (non-hydrogen) atoms. The minimum atomic E-state index is 0.505. The van der Waals surface area contributed by atoms with Crippen molar-refractivity contribution in [2.24, 2.45) is 5.10 Å². The summed E-state index contributed by atoms with van der Waals surface area (Å²) in [5.41, 5.74) is 4.48. The number of ether oxygens (including phenoxy) is 1. The van der Waals surface area contributed by atoms with Crippen LogP contribution in [0.2, 0.25) is 0 Å². The van der Waals surface area contributed by atoms with Crippen LogP contribution >= 0.6 is 27.7 Å². The lowest BCUT2D eigenvalue weighted by Gasteiger charge is -2.09. The second kappa shape index (κ2) is 10.6. The van der Waals surface area contributed by atoms with Crippen molar-refractivity contribution in [2.45, 2.75) is 31.4 Å². The van der Waals surface area contributed by atoms with Crippen molar-refractivity contribution in [3.63, 3.8) is 0 Å². The fourth-order valence-corrected chi connectivity index (χ4v) is 4.13. The SMILES string of the molecule is Cc1ccc(COc2ccccc2/C=N/n2c(C)nnc2SCc2ccc(Br)cc2)cc1. The van der Waals surface area contributed by atoms with Gasteiger partial charge in [0.15, 0.2) is 5.82 Å². The van der Waals surface area contributed by atoms with E-state index in [1.54, 1.807) is 22.7 Å². The van der Waals surface area contributed by atoms with Gasteiger partial charge in [0, 0.05) is 15.8 Å². The van der Waals surface area contributed by atoms with E-state index in [0.29, 0.717) is 6.61 Å². The van der Waals surface area contributed by atoms with Gasteiger partial charge < -0.3 is 4.74 Å². The van der Waals surface area contributed by atoms with E-state index in [-0.39, 0.29) is 0 Å². The zero-order valence-electron chi connectivity index (χ0n) is 17.9. The maximum Gasteiger partial charge on any atom is 0.212 e. The molecule has 0 radical (unpaired) electrons. The molecule has 1 aromatic heterocycles.